The highest BCUT2D eigenvalue weighted by Crippen LogP contribution is 2.30. The van der Waals surface area contributed by atoms with Gasteiger partial charge >= 0.3 is 0 Å². The Labute approximate surface area is 124 Å². The van der Waals surface area contributed by atoms with Gasteiger partial charge in [-0.2, -0.15) is 0 Å². The van der Waals surface area contributed by atoms with Crippen LogP contribution in [0.5, 0.6) is 11.5 Å². The average molecular weight is 289 g/mol. The predicted octanol–water partition coefficient (Wildman–Crippen LogP) is 3.45. The van der Waals surface area contributed by atoms with Crippen LogP contribution in [0.3, 0.4) is 0 Å². The third-order valence-electron chi connectivity index (χ3n) is 3.01. The van der Waals surface area contributed by atoms with E-state index in [2.05, 4.69) is 30.3 Å². The average Bonchev–Trinajstić information content (AvgIpc) is 2.53. The monoisotopic (exact) mass is 289 g/mol. The SMILES string of the molecule is COc1ccc(CSc2ccc(CN)cc2)cc1OC. The molecule has 0 unspecified atom stereocenters. The number of hydrogen-bond acceptors (Lipinski definition) is 4. The van der Waals surface area contributed by atoms with E-state index in [1.165, 1.54) is 10.5 Å². The van der Waals surface area contributed by atoms with Gasteiger partial charge in [0.25, 0.3) is 0 Å². The van der Waals surface area contributed by atoms with Gasteiger partial charge in [-0.15, -0.1) is 11.8 Å². The Morgan fingerprint density at radius 1 is 0.900 bits per heavy atom. The van der Waals surface area contributed by atoms with Crippen LogP contribution in [-0.2, 0) is 12.3 Å². The van der Waals surface area contributed by atoms with Crippen LogP contribution in [0.25, 0.3) is 0 Å². The molecule has 0 saturated carbocycles. The quantitative estimate of drug-likeness (QED) is 0.827. The normalized spacial score (nSPS) is 10.3. The standard InChI is InChI=1S/C16H19NO2S/c1-18-15-8-5-13(9-16(15)19-2)11-20-14-6-3-12(10-17)4-7-14/h3-9H,10-11,17H2,1-2H3. The zero-order chi connectivity index (χ0) is 14.4. The van der Waals surface area contributed by atoms with Crippen molar-refractivity contribution >= 4 is 11.8 Å². The lowest BCUT2D eigenvalue weighted by atomic mass is 10.2. The summed E-state index contributed by atoms with van der Waals surface area (Å²) in [7, 11) is 3.30. The molecule has 3 nitrogen and oxygen atoms in total. The van der Waals surface area contributed by atoms with Crippen molar-refractivity contribution in [2.45, 2.75) is 17.2 Å². The maximum atomic E-state index is 5.59. The van der Waals surface area contributed by atoms with E-state index >= 15 is 0 Å². The third-order valence-corrected chi connectivity index (χ3v) is 4.10. The summed E-state index contributed by atoms with van der Waals surface area (Å²) < 4.78 is 10.5. The highest BCUT2D eigenvalue weighted by Gasteiger charge is 2.05. The lowest BCUT2D eigenvalue weighted by Crippen LogP contribution is -1.95. The summed E-state index contributed by atoms with van der Waals surface area (Å²) in [5.41, 5.74) is 7.95. The van der Waals surface area contributed by atoms with Crippen molar-refractivity contribution in [1.29, 1.82) is 0 Å². The maximum absolute atomic E-state index is 5.59. The summed E-state index contributed by atoms with van der Waals surface area (Å²) in [6.45, 7) is 0.584. The fraction of sp³-hybridized carbons (Fsp3) is 0.250. The highest BCUT2D eigenvalue weighted by atomic mass is 32.2. The highest BCUT2D eigenvalue weighted by molar-refractivity contribution is 7.98. The molecular formula is C16H19NO2S. The van der Waals surface area contributed by atoms with Crippen molar-refractivity contribution in [2.24, 2.45) is 5.73 Å². The van der Waals surface area contributed by atoms with Gasteiger partial charge in [-0.05, 0) is 35.4 Å². The van der Waals surface area contributed by atoms with E-state index in [-0.39, 0.29) is 0 Å². The molecule has 2 aromatic rings. The molecule has 2 N–H and O–H groups in total. The Morgan fingerprint density at radius 3 is 2.15 bits per heavy atom. The first-order valence-corrected chi connectivity index (χ1v) is 7.38. The number of thioether (sulfide) groups is 1. The first kappa shape index (κ1) is 14.8. The van der Waals surface area contributed by atoms with E-state index in [4.69, 9.17) is 15.2 Å². The molecule has 106 valence electrons. The summed E-state index contributed by atoms with van der Waals surface area (Å²) in [6.07, 6.45) is 0. The van der Waals surface area contributed by atoms with E-state index < -0.39 is 0 Å². The first-order valence-electron chi connectivity index (χ1n) is 6.39. The number of benzene rings is 2. The maximum Gasteiger partial charge on any atom is 0.161 e. The van der Waals surface area contributed by atoms with E-state index in [0.29, 0.717) is 6.54 Å². The van der Waals surface area contributed by atoms with Crippen LogP contribution in [0.2, 0.25) is 0 Å². The Bertz CT molecular complexity index is 555. The van der Waals surface area contributed by atoms with Gasteiger partial charge in [-0.1, -0.05) is 18.2 Å². The van der Waals surface area contributed by atoms with Gasteiger partial charge in [0.2, 0.25) is 0 Å². The summed E-state index contributed by atoms with van der Waals surface area (Å²) in [5.74, 6) is 2.42. The second-order valence-corrected chi connectivity index (χ2v) is 5.37. The van der Waals surface area contributed by atoms with E-state index in [9.17, 15) is 0 Å². The van der Waals surface area contributed by atoms with E-state index in [1.807, 2.05) is 12.1 Å². The summed E-state index contributed by atoms with van der Waals surface area (Å²) in [5, 5.41) is 0. The van der Waals surface area contributed by atoms with Crippen molar-refractivity contribution in [3.8, 4) is 11.5 Å². The molecule has 0 amide bonds. The van der Waals surface area contributed by atoms with Gasteiger partial charge in [0.1, 0.15) is 0 Å². The fourth-order valence-electron chi connectivity index (χ4n) is 1.86. The molecule has 20 heavy (non-hydrogen) atoms. The largest absolute Gasteiger partial charge is 0.493 e. The molecule has 0 aromatic heterocycles. The molecule has 0 radical (unpaired) electrons. The van der Waals surface area contributed by atoms with Gasteiger partial charge in [-0.25, -0.2) is 0 Å². The summed E-state index contributed by atoms with van der Waals surface area (Å²) in [4.78, 5) is 1.23. The first-order chi connectivity index (χ1) is 9.76. The lowest BCUT2D eigenvalue weighted by molar-refractivity contribution is 0.354. The van der Waals surface area contributed by atoms with Crippen LogP contribution in [0.15, 0.2) is 47.4 Å². The lowest BCUT2D eigenvalue weighted by Gasteiger charge is -2.09. The zero-order valence-corrected chi connectivity index (χ0v) is 12.6. The minimum atomic E-state index is 0.584. The minimum Gasteiger partial charge on any atom is -0.493 e. The molecule has 2 rings (SSSR count). The van der Waals surface area contributed by atoms with Gasteiger partial charge < -0.3 is 15.2 Å². The number of rotatable bonds is 6. The summed E-state index contributed by atoms with van der Waals surface area (Å²) >= 11 is 1.79. The van der Waals surface area contributed by atoms with Crippen molar-refractivity contribution < 1.29 is 9.47 Å². The van der Waals surface area contributed by atoms with Gasteiger partial charge in [0.05, 0.1) is 14.2 Å². The predicted molar refractivity (Wildman–Crippen MR) is 83.4 cm³/mol. The zero-order valence-electron chi connectivity index (χ0n) is 11.8. The summed E-state index contributed by atoms with van der Waals surface area (Å²) in [6, 6.07) is 14.4. The Kier molecular flexibility index (Phi) is 5.32. The van der Waals surface area contributed by atoms with Crippen molar-refractivity contribution in [1.82, 2.24) is 0 Å². The molecule has 0 atom stereocenters. The molecule has 0 fully saturated rings. The molecule has 4 heteroatoms. The Morgan fingerprint density at radius 2 is 1.55 bits per heavy atom. The van der Waals surface area contributed by atoms with Gasteiger partial charge in [-0.3, -0.25) is 0 Å². The third kappa shape index (κ3) is 3.68. The molecule has 0 saturated heterocycles. The van der Waals surface area contributed by atoms with Crippen LogP contribution in [0.4, 0.5) is 0 Å². The van der Waals surface area contributed by atoms with Gasteiger partial charge in [0.15, 0.2) is 11.5 Å². The molecule has 0 aliphatic carbocycles. The second-order valence-electron chi connectivity index (χ2n) is 4.33. The van der Waals surface area contributed by atoms with Crippen molar-refractivity contribution in [2.75, 3.05) is 14.2 Å². The van der Waals surface area contributed by atoms with Crippen LogP contribution >= 0.6 is 11.8 Å². The van der Waals surface area contributed by atoms with Crippen LogP contribution in [0, 0.1) is 0 Å². The smallest absolute Gasteiger partial charge is 0.161 e. The van der Waals surface area contributed by atoms with Crippen molar-refractivity contribution in [3.63, 3.8) is 0 Å². The van der Waals surface area contributed by atoms with Crippen LogP contribution in [0.1, 0.15) is 11.1 Å². The number of methoxy groups -OCH3 is 2. The van der Waals surface area contributed by atoms with Crippen LogP contribution in [-0.4, -0.2) is 14.2 Å². The number of ether oxygens (including phenoxy) is 2. The minimum absolute atomic E-state index is 0.584. The molecule has 0 aliphatic rings. The van der Waals surface area contributed by atoms with E-state index in [1.54, 1.807) is 26.0 Å². The van der Waals surface area contributed by atoms with E-state index in [0.717, 1.165) is 22.8 Å². The number of nitrogens with two attached hydrogens (primary N) is 1. The Hall–Kier alpha value is -1.65. The molecule has 2 aromatic carbocycles. The molecule has 0 spiro atoms. The number of hydrogen-bond donors (Lipinski definition) is 1. The molecular weight excluding hydrogens is 270 g/mol. The second kappa shape index (κ2) is 7.22. The molecule has 0 aliphatic heterocycles. The van der Waals surface area contributed by atoms with Crippen LogP contribution < -0.4 is 15.2 Å². The van der Waals surface area contributed by atoms with Gasteiger partial charge in [0, 0.05) is 17.2 Å². The molecule has 0 bridgehead atoms. The Balaban J connectivity index is 2.02. The fourth-order valence-corrected chi connectivity index (χ4v) is 2.70. The topological polar surface area (TPSA) is 44.5 Å². The van der Waals surface area contributed by atoms with Crippen molar-refractivity contribution in [3.05, 3.63) is 53.6 Å². The molecule has 0 heterocycles.